The molecule has 1 aromatic rings. The number of rotatable bonds is 1. The van der Waals surface area contributed by atoms with E-state index in [1.54, 1.807) is 4.90 Å². The summed E-state index contributed by atoms with van der Waals surface area (Å²) < 4.78 is 5.60. The number of benzene rings is 1. The Bertz CT molecular complexity index is 585. The number of carbonyl (C=O) groups is 2. The number of likely N-dealkylation sites (tertiary alicyclic amines) is 1. The van der Waals surface area contributed by atoms with Gasteiger partial charge in [0.1, 0.15) is 5.75 Å². The van der Waals surface area contributed by atoms with Gasteiger partial charge < -0.3 is 15.4 Å². The minimum Gasteiger partial charge on any atom is -0.493 e. The first-order valence-electron chi connectivity index (χ1n) is 7.42. The van der Waals surface area contributed by atoms with Gasteiger partial charge in [0.15, 0.2) is 0 Å². The molecule has 5 heteroatoms. The quantitative estimate of drug-likeness (QED) is 0.794. The predicted octanol–water partition coefficient (Wildman–Crippen LogP) is 1.41. The van der Waals surface area contributed by atoms with Crippen molar-refractivity contribution in [2.24, 2.45) is 11.7 Å². The van der Waals surface area contributed by atoms with E-state index in [0.29, 0.717) is 19.1 Å². The first kappa shape index (κ1) is 13.9. The molecule has 2 amide bonds. The van der Waals surface area contributed by atoms with E-state index in [1.165, 1.54) is 5.56 Å². The summed E-state index contributed by atoms with van der Waals surface area (Å²) in [6, 6.07) is 6.01. The molecule has 0 radical (unpaired) electrons. The molecule has 3 rings (SSSR count). The van der Waals surface area contributed by atoms with Gasteiger partial charge in [0, 0.05) is 13.0 Å². The van der Waals surface area contributed by atoms with E-state index in [9.17, 15) is 9.59 Å². The van der Waals surface area contributed by atoms with E-state index in [2.05, 4.69) is 13.0 Å². The predicted molar refractivity (Wildman–Crippen MR) is 77.7 cm³/mol. The van der Waals surface area contributed by atoms with E-state index < -0.39 is 11.8 Å². The minimum absolute atomic E-state index is 0.0873. The van der Waals surface area contributed by atoms with Gasteiger partial charge in [0.2, 0.25) is 0 Å². The van der Waals surface area contributed by atoms with Crippen LogP contribution in [0.1, 0.15) is 36.9 Å². The van der Waals surface area contributed by atoms with Crippen LogP contribution in [0, 0.1) is 5.92 Å². The Hall–Kier alpha value is -2.04. The normalized spacial score (nSPS) is 24.3. The second kappa shape index (κ2) is 5.39. The molecule has 2 heterocycles. The minimum atomic E-state index is -0.883. The van der Waals surface area contributed by atoms with Gasteiger partial charge in [-0.15, -0.1) is 0 Å². The van der Waals surface area contributed by atoms with E-state index >= 15 is 0 Å². The van der Waals surface area contributed by atoms with Gasteiger partial charge in [0.25, 0.3) is 0 Å². The average Bonchev–Trinajstić information content (AvgIpc) is 2.93. The molecule has 1 aromatic carbocycles. The molecule has 1 saturated heterocycles. The summed E-state index contributed by atoms with van der Waals surface area (Å²) in [6.07, 6.45) is 2.81. The van der Waals surface area contributed by atoms with Crippen LogP contribution in [0.2, 0.25) is 0 Å². The molecule has 0 aliphatic carbocycles. The number of primary amides is 1. The largest absolute Gasteiger partial charge is 0.493 e. The Balaban J connectivity index is 1.90. The van der Waals surface area contributed by atoms with Gasteiger partial charge in [-0.05, 0) is 36.0 Å². The van der Waals surface area contributed by atoms with Crippen LogP contribution in [0.5, 0.6) is 5.75 Å². The molecule has 0 unspecified atom stereocenters. The summed E-state index contributed by atoms with van der Waals surface area (Å²) in [7, 11) is 0. The monoisotopic (exact) mass is 288 g/mol. The van der Waals surface area contributed by atoms with Crippen LogP contribution in [0.15, 0.2) is 18.2 Å². The molecule has 1 fully saturated rings. The van der Waals surface area contributed by atoms with Gasteiger partial charge >= 0.3 is 11.8 Å². The first-order chi connectivity index (χ1) is 10.1. The molecule has 2 atom stereocenters. The highest BCUT2D eigenvalue weighted by atomic mass is 16.5. The summed E-state index contributed by atoms with van der Waals surface area (Å²) in [5.41, 5.74) is 7.42. The number of hydrogen-bond acceptors (Lipinski definition) is 3. The highest BCUT2D eigenvalue weighted by Gasteiger charge is 2.33. The number of ether oxygens (including phenoxy) is 1. The third kappa shape index (κ3) is 2.60. The summed E-state index contributed by atoms with van der Waals surface area (Å²) >= 11 is 0. The number of carbonyl (C=O) groups excluding carboxylic acids is 2. The third-order valence-electron chi connectivity index (χ3n) is 4.39. The van der Waals surface area contributed by atoms with Crippen LogP contribution in [0.25, 0.3) is 0 Å². The number of nitrogens with two attached hydrogens (primary N) is 1. The maximum Gasteiger partial charge on any atom is 0.312 e. The van der Waals surface area contributed by atoms with Crippen molar-refractivity contribution in [3.8, 4) is 5.75 Å². The summed E-state index contributed by atoms with van der Waals surface area (Å²) in [5.74, 6) is -0.188. The van der Waals surface area contributed by atoms with Crippen LogP contribution in [-0.4, -0.2) is 29.9 Å². The molecule has 112 valence electrons. The zero-order valence-corrected chi connectivity index (χ0v) is 12.2. The molecular weight excluding hydrogens is 268 g/mol. The van der Waals surface area contributed by atoms with Crippen molar-refractivity contribution < 1.29 is 14.3 Å². The fourth-order valence-corrected chi connectivity index (χ4v) is 3.26. The van der Waals surface area contributed by atoms with Crippen LogP contribution >= 0.6 is 0 Å². The maximum atomic E-state index is 12.1. The molecule has 2 N–H and O–H groups in total. The molecule has 0 saturated carbocycles. The van der Waals surface area contributed by atoms with Crippen molar-refractivity contribution in [1.29, 1.82) is 0 Å². The number of hydrogen-bond donors (Lipinski definition) is 1. The highest BCUT2D eigenvalue weighted by molar-refractivity contribution is 6.34. The molecule has 2 aliphatic rings. The van der Waals surface area contributed by atoms with Crippen molar-refractivity contribution in [3.05, 3.63) is 29.3 Å². The Morgan fingerprint density at radius 2 is 2.14 bits per heavy atom. The lowest BCUT2D eigenvalue weighted by Gasteiger charge is -2.38. The summed E-state index contributed by atoms with van der Waals surface area (Å²) in [4.78, 5) is 25.0. The van der Waals surface area contributed by atoms with E-state index in [0.717, 1.165) is 30.6 Å². The van der Waals surface area contributed by atoms with Crippen LogP contribution in [0.4, 0.5) is 0 Å². The van der Waals surface area contributed by atoms with Crippen LogP contribution in [-0.2, 0) is 16.0 Å². The fraction of sp³-hybridized carbons (Fsp3) is 0.500. The molecule has 5 nitrogen and oxygen atoms in total. The van der Waals surface area contributed by atoms with Gasteiger partial charge in [0.05, 0.1) is 12.6 Å². The Kier molecular flexibility index (Phi) is 3.57. The van der Waals surface area contributed by atoms with Crippen molar-refractivity contribution in [3.63, 3.8) is 0 Å². The van der Waals surface area contributed by atoms with E-state index in [4.69, 9.17) is 10.5 Å². The van der Waals surface area contributed by atoms with E-state index in [1.807, 2.05) is 12.1 Å². The molecular formula is C16H20N2O3. The Labute approximate surface area is 124 Å². The maximum absolute atomic E-state index is 12.1. The lowest BCUT2D eigenvalue weighted by Crippen LogP contribution is -2.46. The number of fused-ring (bicyclic) bond motifs is 1. The molecule has 21 heavy (non-hydrogen) atoms. The molecule has 0 aromatic heterocycles. The Morgan fingerprint density at radius 1 is 1.33 bits per heavy atom. The highest BCUT2D eigenvalue weighted by Crippen LogP contribution is 2.36. The lowest BCUT2D eigenvalue weighted by atomic mass is 9.89. The zero-order chi connectivity index (χ0) is 15.0. The smallest absolute Gasteiger partial charge is 0.312 e. The number of nitrogens with zero attached hydrogens (tertiary/aromatic N) is 1. The van der Waals surface area contributed by atoms with Crippen molar-refractivity contribution in [2.75, 3.05) is 13.2 Å². The molecule has 0 spiro atoms. The lowest BCUT2D eigenvalue weighted by molar-refractivity contribution is -0.147. The second-order valence-electron chi connectivity index (χ2n) is 5.99. The Morgan fingerprint density at radius 3 is 2.90 bits per heavy atom. The van der Waals surface area contributed by atoms with Crippen molar-refractivity contribution in [2.45, 2.75) is 32.2 Å². The van der Waals surface area contributed by atoms with Gasteiger partial charge in [-0.1, -0.05) is 19.1 Å². The van der Waals surface area contributed by atoms with Gasteiger partial charge in [-0.25, -0.2) is 0 Å². The van der Waals surface area contributed by atoms with Gasteiger partial charge in [-0.2, -0.15) is 0 Å². The SMILES string of the molecule is C[C@H]1CC[C@H](c2ccc3c(c2)OCC3)N(C(=O)C(N)=O)C1. The average molecular weight is 288 g/mol. The van der Waals surface area contributed by atoms with E-state index in [-0.39, 0.29) is 6.04 Å². The number of amides is 2. The van der Waals surface area contributed by atoms with Gasteiger partial charge in [-0.3, -0.25) is 9.59 Å². The second-order valence-corrected chi connectivity index (χ2v) is 5.99. The topological polar surface area (TPSA) is 72.6 Å². The van der Waals surface area contributed by atoms with Crippen LogP contribution in [0.3, 0.4) is 0 Å². The third-order valence-corrected chi connectivity index (χ3v) is 4.39. The summed E-state index contributed by atoms with van der Waals surface area (Å²) in [5, 5.41) is 0. The summed E-state index contributed by atoms with van der Waals surface area (Å²) in [6.45, 7) is 3.37. The number of piperidine rings is 1. The fourth-order valence-electron chi connectivity index (χ4n) is 3.26. The van der Waals surface area contributed by atoms with Crippen molar-refractivity contribution >= 4 is 11.8 Å². The first-order valence-corrected chi connectivity index (χ1v) is 7.42. The molecule has 2 aliphatic heterocycles. The van der Waals surface area contributed by atoms with Crippen molar-refractivity contribution in [1.82, 2.24) is 4.90 Å². The molecule has 0 bridgehead atoms. The van der Waals surface area contributed by atoms with Crippen LogP contribution < -0.4 is 10.5 Å². The standard InChI is InChI=1S/C16H20N2O3/c1-10-2-5-13(18(9-10)16(20)15(17)19)12-4-3-11-6-7-21-14(11)8-12/h3-4,8,10,13H,2,5-7,9H2,1H3,(H2,17,19)/t10-,13+/m0/s1. The zero-order valence-electron chi connectivity index (χ0n) is 12.2.